The topological polar surface area (TPSA) is 79.6 Å². The lowest BCUT2D eigenvalue weighted by Gasteiger charge is -2.31. The molecule has 158 valence electrons. The van der Waals surface area contributed by atoms with Crippen LogP contribution >= 0.6 is 11.3 Å². The highest BCUT2D eigenvalue weighted by atomic mass is 32.1. The number of benzene rings is 2. The van der Waals surface area contributed by atoms with Gasteiger partial charge in [0.25, 0.3) is 11.5 Å². The van der Waals surface area contributed by atoms with Crippen LogP contribution in [-0.4, -0.2) is 38.5 Å². The van der Waals surface area contributed by atoms with E-state index in [2.05, 4.69) is 22.3 Å². The van der Waals surface area contributed by atoms with E-state index in [-0.39, 0.29) is 11.5 Å². The van der Waals surface area contributed by atoms with Crippen molar-refractivity contribution in [2.24, 2.45) is 5.92 Å². The summed E-state index contributed by atoms with van der Waals surface area (Å²) in [5.41, 5.74) is 2.87. The smallest absolute Gasteiger partial charge is 0.283 e. The number of likely N-dealkylation sites (tertiary alicyclic amines) is 1. The van der Waals surface area contributed by atoms with Gasteiger partial charge in [-0.1, -0.05) is 36.5 Å². The minimum absolute atomic E-state index is 0.00154. The molecule has 0 spiro atoms. The number of anilines is 2. The molecule has 5 rings (SSSR count). The van der Waals surface area contributed by atoms with Gasteiger partial charge in [-0.2, -0.15) is 4.52 Å². The Kier molecular flexibility index (Phi) is 4.94. The van der Waals surface area contributed by atoms with Gasteiger partial charge in [-0.3, -0.25) is 9.59 Å². The number of hydrogen-bond acceptors (Lipinski definition) is 6. The number of aromatic nitrogens is 3. The van der Waals surface area contributed by atoms with Crippen molar-refractivity contribution in [1.82, 2.24) is 19.5 Å². The Bertz CT molecular complexity index is 1360. The Balaban J connectivity index is 1.51. The quantitative estimate of drug-likeness (QED) is 0.523. The molecular weight excluding hydrogens is 410 g/mol. The van der Waals surface area contributed by atoms with E-state index < -0.39 is 0 Å². The molecule has 8 heteroatoms. The molecular formula is C23H23N5O2S. The first-order valence-corrected chi connectivity index (χ1v) is 11.3. The Morgan fingerprint density at radius 1 is 1.23 bits per heavy atom. The van der Waals surface area contributed by atoms with Crippen molar-refractivity contribution in [3.8, 4) is 0 Å². The van der Waals surface area contributed by atoms with E-state index >= 15 is 0 Å². The van der Waals surface area contributed by atoms with Crippen molar-refractivity contribution in [2.75, 3.05) is 18.4 Å². The second-order valence-corrected chi connectivity index (χ2v) is 9.14. The highest BCUT2D eigenvalue weighted by Gasteiger charge is 2.23. The molecule has 1 atom stereocenters. The molecule has 3 heterocycles. The SMILES string of the molecule is Cc1ccccc1Nc1nn2c(=O)c3ccc(C(=O)N4CCC[C@@H](C)C4)cc3nc2s1. The van der Waals surface area contributed by atoms with Crippen LogP contribution in [0.2, 0.25) is 0 Å². The molecule has 0 saturated carbocycles. The maximum atomic E-state index is 13.0. The third-order valence-corrected chi connectivity index (χ3v) is 6.60. The highest BCUT2D eigenvalue weighted by Crippen LogP contribution is 2.25. The first-order chi connectivity index (χ1) is 15.0. The van der Waals surface area contributed by atoms with E-state index in [0.29, 0.717) is 32.5 Å². The summed E-state index contributed by atoms with van der Waals surface area (Å²) in [5, 5.41) is 8.72. The van der Waals surface area contributed by atoms with Crippen LogP contribution in [0.4, 0.5) is 10.8 Å². The molecule has 0 aliphatic carbocycles. The second kappa shape index (κ2) is 7.77. The zero-order valence-electron chi connectivity index (χ0n) is 17.5. The third-order valence-electron chi connectivity index (χ3n) is 5.77. The maximum absolute atomic E-state index is 13.0. The van der Waals surface area contributed by atoms with Gasteiger partial charge in [0.15, 0.2) is 0 Å². The van der Waals surface area contributed by atoms with Crippen LogP contribution in [-0.2, 0) is 0 Å². The summed E-state index contributed by atoms with van der Waals surface area (Å²) in [6.07, 6.45) is 2.18. The average molecular weight is 434 g/mol. The third kappa shape index (κ3) is 3.67. The minimum Gasteiger partial charge on any atom is -0.338 e. The molecule has 2 aromatic carbocycles. The molecule has 4 aromatic rings. The van der Waals surface area contributed by atoms with Gasteiger partial charge < -0.3 is 10.2 Å². The molecule has 1 N–H and O–H groups in total. The van der Waals surface area contributed by atoms with Crippen molar-refractivity contribution >= 4 is 43.9 Å². The maximum Gasteiger partial charge on any atom is 0.283 e. The fourth-order valence-corrected chi connectivity index (χ4v) is 4.89. The van der Waals surface area contributed by atoms with Gasteiger partial charge in [-0.15, -0.1) is 5.10 Å². The van der Waals surface area contributed by atoms with Crippen LogP contribution < -0.4 is 10.9 Å². The number of piperidine rings is 1. The lowest BCUT2D eigenvalue weighted by atomic mass is 9.99. The van der Waals surface area contributed by atoms with E-state index in [1.54, 1.807) is 18.2 Å². The second-order valence-electron chi connectivity index (χ2n) is 8.19. The fraction of sp³-hybridized carbons (Fsp3) is 0.304. The molecule has 0 unspecified atom stereocenters. The first-order valence-electron chi connectivity index (χ1n) is 10.4. The lowest BCUT2D eigenvalue weighted by Crippen LogP contribution is -2.39. The zero-order chi connectivity index (χ0) is 21.5. The number of carbonyl (C=O) groups is 1. The molecule has 31 heavy (non-hydrogen) atoms. The van der Waals surface area contributed by atoms with Gasteiger partial charge in [0.1, 0.15) is 0 Å². The number of carbonyl (C=O) groups excluding carboxylic acids is 1. The summed E-state index contributed by atoms with van der Waals surface area (Å²) in [6, 6.07) is 13.0. The minimum atomic E-state index is -0.236. The monoisotopic (exact) mass is 433 g/mol. The molecule has 1 amide bonds. The van der Waals surface area contributed by atoms with Gasteiger partial charge >= 0.3 is 0 Å². The Labute approximate surface area is 183 Å². The summed E-state index contributed by atoms with van der Waals surface area (Å²) in [4.78, 5) is 33.0. The Hall–Kier alpha value is -3.26. The van der Waals surface area contributed by atoms with Crippen LogP contribution in [0.1, 0.15) is 35.7 Å². The fourth-order valence-electron chi connectivity index (χ4n) is 4.08. The van der Waals surface area contributed by atoms with Crippen LogP contribution in [0.25, 0.3) is 15.9 Å². The van der Waals surface area contributed by atoms with Crippen molar-refractivity contribution < 1.29 is 4.79 Å². The molecule has 1 aliphatic heterocycles. The normalized spacial score (nSPS) is 16.7. The van der Waals surface area contributed by atoms with E-state index in [1.807, 2.05) is 36.1 Å². The van der Waals surface area contributed by atoms with Crippen LogP contribution in [0.5, 0.6) is 0 Å². The number of rotatable bonds is 3. The number of nitrogens with zero attached hydrogens (tertiary/aromatic N) is 4. The molecule has 0 radical (unpaired) electrons. The van der Waals surface area contributed by atoms with Gasteiger partial charge in [0, 0.05) is 24.3 Å². The van der Waals surface area contributed by atoms with Crippen molar-refractivity contribution in [1.29, 1.82) is 0 Å². The van der Waals surface area contributed by atoms with Crippen LogP contribution in [0, 0.1) is 12.8 Å². The van der Waals surface area contributed by atoms with Gasteiger partial charge in [0.2, 0.25) is 10.1 Å². The van der Waals surface area contributed by atoms with E-state index in [0.717, 1.165) is 37.2 Å². The van der Waals surface area contributed by atoms with E-state index in [4.69, 9.17) is 0 Å². The van der Waals surface area contributed by atoms with Crippen molar-refractivity contribution in [3.63, 3.8) is 0 Å². The number of para-hydroxylation sites is 1. The first kappa shape index (κ1) is 19.7. The number of amides is 1. The number of aryl methyl sites for hydroxylation is 1. The molecule has 0 bridgehead atoms. The lowest BCUT2D eigenvalue weighted by molar-refractivity contribution is 0.0683. The summed E-state index contributed by atoms with van der Waals surface area (Å²) in [7, 11) is 0. The zero-order valence-corrected chi connectivity index (χ0v) is 18.3. The summed E-state index contributed by atoms with van der Waals surface area (Å²) >= 11 is 1.31. The molecule has 1 aliphatic rings. The van der Waals surface area contributed by atoms with Gasteiger partial charge in [-0.25, -0.2) is 4.98 Å². The largest absolute Gasteiger partial charge is 0.338 e. The van der Waals surface area contributed by atoms with Crippen LogP contribution in [0.15, 0.2) is 47.3 Å². The molecule has 1 fully saturated rings. The average Bonchev–Trinajstić information content (AvgIpc) is 3.17. The number of fused-ring (bicyclic) bond motifs is 2. The molecule has 7 nitrogen and oxygen atoms in total. The predicted molar refractivity (Wildman–Crippen MR) is 123 cm³/mol. The number of nitrogens with one attached hydrogen (secondary N) is 1. The Morgan fingerprint density at radius 3 is 2.87 bits per heavy atom. The highest BCUT2D eigenvalue weighted by molar-refractivity contribution is 7.20. The summed E-state index contributed by atoms with van der Waals surface area (Å²) in [5.74, 6) is 0.513. The molecule has 2 aromatic heterocycles. The Morgan fingerprint density at radius 2 is 2.06 bits per heavy atom. The number of hydrogen-bond donors (Lipinski definition) is 1. The van der Waals surface area contributed by atoms with Crippen molar-refractivity contribution in [3.05, 3.63) is 63.9 Å². The predicted octanol–water partition coefficient (Wildman–Crippen LogP) is 4.23. The van der Waals surface area contributed by atoms with Gasteiger partial charge in [0.05, 0.1) is 10.9 Å². The molecule has 1 saturated heterocycles. The van der Waals surface area contributed by atoms with Crippen LogP contribution in [0.3, 0.4) is 0 Å². The standard InChI is InChI=1S/C23H23N5O2S/c1-14-6-5-11-27(13-14)20(29)16-9-10-17-19(12-16)25-23-28(21(17)30)26-22(31-23)24-18-8-4-3-7-15(18)2/h3-4,7-10,12,14H,5-6,11,13H2,1-2H3,(H,24,26)/t14-/m1/s1. The van der Waals surface area contributed by atoms with E-state index in [1.165, 1.54) is 15.9 Å². The van der Waals surface area contributed by atoms with E-state index in [9.17, 15) is 9.59 Å². The van der Waals surface area contributed by atoms with Crippen molar-refractivity contribution in [2.45, 2.75) is 26.7 Å². The van der Waals surface area contributed by atoms with Gasteiger partial charge in [-0.05, 0) is 55.5 Å². The summed E-state index contributed by atoms with van der Waals surface area (Å²) < 4.78 is 1.32. The summed E-state index contributed by atoms with van der Waals surface area (Å²) in [6.45, 7) is 5.73.